The molecular weight excluding hydrogens is 284 g/mol. The Morgan fingerprint density at radius 1 is 1.05 bits per heavy atom. The lowest BCUT2D eigenvalue weighted by Crippen LogP contribution is -2.12. The summed E-state index contributed by atoms with van der Waals surface area (Å²) < 4.78 is 19.8. The number of benzene rings is 1. The molecule has 0 bridgehead atoms. The number of methoxy groups -OCH3 is 2. The van der Waals surface area contributed by atoms with Crippen LogP contribution in [0.25, 0.3) is 0 Å². The molecule has 1 aromatic rings. The van der Waals surface area contributed by atoms with Crippen LogP contribution in [0, 0.1) is 0 Å². The minimum atomic E-state index is -0.915. The second-order valence-electron chi connectivity index (χ2n) is 3.53. The van der Waals surface area contributed by atoms with Gasteiger partial charge < -0.3 is 18.9 Å². The van der Waals surface area contributed by atoms with Gasteiger partial charge in [-0.25, -0.2) is 9.59 Å². The lowest BCUT2D eigenvalue weighted by atomic mass is 10.2. The summed E-state index contributed by atoms with van der Waals surface area (Å²) in [6, 6.07) is 2.64. The van der Waals surface area contributed by atoms with Crippen molar-refractivity contribution in [3.8, 4) is 17.2 Å². The van der Waals surface area contributed by atoms with E-state index >= 15 is 0 Å². The van der Waals surface area contributed by atoms with E-state index in [2.05, 4.69) is 14.5 Å². The molecule has 0 atom stereocenters. The van der Waals surface area contributed by atoms with Crippen LogP contribution in [0.4, 0.5) is 4.79 Å². The fourth-order valence-electron chi connectivity index (χ4n) is 1.45. The molecule has 0 amide bonds. The monoisotopic (exact) mass is 300 g/mol. The average molecular weight is 300 g/mol. The minimum absolute atomic E-state index is 0.00702. The van der Waals surface area contributed by atoms with E-state index in [4.69, 9.17) is 14.2 Å². The summed E-state index contributed by atoms with van der Waals surface area (Å²) in [6.07, 6.45) is -0.915. The SMILES string of the molecule is CCOC(=O)Oc1c(OC)cc(C(=O)OOC)cc1OC. The van der Waals surface area contributed by atoms with Crippen molar-refractivity contribution in [2.75, 3.05) is 27.9 Å². The summed E-state index contributed by atoms with van der Waals surface area (Å²) in [6.45, 7) is 1.79. The summed E-state index contributed by atoms with van der Waals surface area (Å²) in [5.41, 5.74) is 0.0989. The van der Waals surface area contributed by atoms with Crippen LogP contribution in [0.3, 0.4) is 0 Å². The van der Waals surface area contributed by atoms with Gasteiger partial charge in [0.25, 0.3) is 0 Å². The van der Waals surface area contributed by atoms with E-state index in [9.17, 15) is 9.59 Å². The molecular formula is C13H16O8. The minimum Gasteiger partial charge on any atom is -0.493 e. The maximum atomic E-state index is 11.6. The van der Waals surface area contributed by atoms with Crippen LogP contribution < -0.4 is 14.2 Å². The van der Waals surface area contributed by atoms with Crippen LogP contribution in [0.2, 0.25) is 0 Å². The van der Waals surface area contributed by atoms with Gasteiger partial charge in [-0.3, -0.25) is 4.89 Å². The van der Waals surface area contributed by atoms with Gasteiger partial charge in [-0.15, -0.1) is 0 Å². The first kappa shape index (κ1) is 16.6. The molecule has 1 aromatic carbocycles. The van der Waals surface area contributed by atoms with E-state index in [-0.39, 0.29) is 29.4 Å². The van der Waals surface area contributed by atoms with Crippen LogP contribution in [0.5, 0.6) is 17.2 Å². The van der Waals surface area contributed by atoms with Crippen LogP contribution >= 0.6 is 0 Å². The highest BCUT2D eigenvalue weighted by atomic mass is 17.2. The third kappa shape index (κ3) is 4.25. The van der Waals surface area contributed by atoms with Gasteiger partial charge in [0.15, 0.2) is 11.5 Å². The summed E-state index contributed by atoms with van der Waals surface area (Å²) in [7, 11) is 3.89. The maximum absolute atomic E-state index is 11.6. The maximum Gasteiger partial charge on any atom is 0.514 e. The van der Waals surface area contributed by atoms with E-state index in [0.717, 1.165) is 0 Å². The normalized spacial score (nSPS) is 9.71. The smallest absolute Gasteiger partial charge is 0.493 e. The topological polar surface area (TPSA) is 89.5 Å². The van der Waals surface area contributed by atoms with Gasteiger partial charge in [0.1, 0.15) is 0 Å². The van der Waals surface area contributed by atoms with E-state index in [0.29, 0.717) is 0 Å². The lowest BCUT2D eigenvalue weighted by molar-refractivity contribution is -0.216. The molecule has 0 N–H and O–H groups in total. The molecule has 0 aliphatic carbocycles. The molecule has 0 fully saturated rings. The second kappa shape index (κ2) is 7.95. The summed E-state index contributed by atoms with van der Waals surface area (Å²) >= 11 is 0. The highest BCUT2D eigenvalue weighted by Crippen LogP contribution is 2.39. The number of ether oxygens (including phenoxy) is 4. The standard InChI is InChI=1S/C13H16O8/c1-5-19-13(15)20-11-9(16-2)6-8(7-10(11)17-3)12(14)21-18-4/h6-7H,5H2,1-4H3. The second-order valence-corrected chi connectivity index (χ2v) is 3.53. The summed E-state index contributed by atoms with van der Waals surface area (Å²) in [5, 5.41) is 0. The fraction of sp³-hybridized carbons (Fsp3) is 0.385. The molecule has 8 nitrogen and oxygen atoms in total. The zero-order chi connectivity index (χ0) is 15.8. The van der Waals surface area contributed by atoms with Gasteiger partial charge in [-0.2, -0.15) is 4.89 Å². The largest absolute Gasteiger partial charge is 0.514 e. The van der Waals surface area contributed by atoms with Crippen LogP contribution in [0.1, 0.15) is 17.3 Å². The van der Waals surface area contributed by atoms with Crippen molar-refractivity contribution in [2.24, 2.45) is 0 Å². The number of carbonyl (C=O) groups is 2. The van der Waals surface area contributed by atoms with E-state index in [1.54, 1.807) is 6.92 Å². The van der Waals surface area contributed by atoms with E-state index in [1.807, 2.05) is 0 Å². The van der Waals surface area contributed by atoms with Crippen LogP contribution in [0.15, 0.2) is 12.1 Å². The highest BCUT2D eigenvalue weighted by molar-refractivity contribution is 5.91. The molecule has 0 aliphatic heterocycles. The number of rotatable bonds is 6. The molecule has 0 unspecified atom stereocenters. The first-order valence-electron chi connectivity index (χ1n) is 5.92. The quantitative estimate of drug-likeness (QED) is 0.341. The third-order valence-electron chi connectivity index (χ3n) is 2.30. The number of hydrogen-bond donors (Lipinski definition) is 0. The summed E-state index contributed by atoms with van der Waals surface area (Å²) in [5.74, 6) is -0.555. The molecule has 116 valence electrons. The number of carbonyl (C=O) groups excluding carboxylic acids is 2. The van der Waals surface area contributed by atoms with Gasteiger partial charge in [0, 0.05) is 0 Å². The molecule has 0 aliphatic rings. The molecule has 0 radical (unpaired) electrons. The first-order valence-corrected chi connectivity index (χ1v) is 5.92. The van der Waals surface area contributed by atoms with Crippen molar-refractivity contribution in [1.82, 2.24) is 0 Å². The average Bonchev–Trinajstić information content (AvgIpc) is 2.47. The van der Waals surface area contributed by atoms with Gasteiger partial charge in [-0.1, -0.05) is 0 Å². The molecule has 1 rings (SSSR count). The molecule has 0 aromatic heterocycles. The molecule has 0 heterocycles. The van der Waals surface area contributed by atoms with Crippen molar-refractivity contribution >= 4 is 12.1 Å². The van der Waals surface area contributed by atoms with Crippen molar-refractivity contribution < 1.29 is 38.3 Å². The van der Waals surface area contributed by atoms with E-state index in [1.165, 1.54) is 33.5 Å². The fourth-order valence-corrected chi connectivity index (χ4v) is 1.45. The zero-order valence-electron chi connectivity index (χ0n) is 12.1. The Balaban J connectivity index is 3.18. The number of hydrogen-bond acceptors (Lipinski definition) is 8. The third-order valence-corrected chi connectivity index (χ3v) is 2.30. The Bertz CT molecular complexity index is 486. The first-order chi connectivity index (χ1) is 10.1. The lowest BCUT2D eigenvalue weighted by Gasteiger charge is -2.14. The van der Waals surface area contributed by atoms with Crippen molar-refractivity contribution in [2.45, 2.75) is 6.92 Å². The predicted molar refractivity (Wildman–Crippen MR) is 69.6 cm³/mol. The Morgan fingerprint density at radius 2 is 1.62 bits per heavy atom. The molecule has 0 spiro atoms. The van der Waals surface area contributed by atoms with Gasteiger partial charge in [-0.05, 0) is 19.1 Å². The Hall–Kier alpha value is -2.48. The highest BCUT2D eigenvalue weighted by Gasteiger charge is 2.21. The van der Waals surface area contributed by atoms with Crippen molar-refractivity contribution in [3.05, 3.63) is 17.7 Å². The predicted octanol–water partition coefficient (Wildman–Crippen LogP) is 1.96. The van der Waals surface area contributed by atoms with Gasteiger partial charge in [0.2, 0.25) is 5.75 Å². The van der Waals surface area contributed by atoms with Crippen molar-refractivity contribution in [3.63, 3.8) is 0 Å². The Labute approximate surface area is 121 Å². The Kier molecular flexibility index (Phi) is 6.28. The Morgan fingerprint density at radius 3 is 2.05 bits per heavy atom. The molecule has 8 heteroatoms. The zero-order valence-corrected chi connectivity index (χ0v) is 12.1. The molecule has 0 saturated heterocycles. The van der Waals surface area contributed by atoms with Gasteiger partial charge >= 0.3 is 12.1 Å². The van der Waals surface area contributed by atoms with Crippen molar-refractivity contribution in [1.29, 1.82) is 0 Å². The summed E-state index contributed by atoms with van der Waals surface area (Å²) in [4.78, 5) is 31.7. The molecule has 0 saturated carbocycles. The van der Waals surface area contributed by atoms with Crippen LogP contribution in [-0.2, 0) is 14.5 Å². The molecule has 21 heavy (non-hydrogen) atoms. The van der Waals surface area contributed by atoms with Gasteiger partial charge in [0.05, 0.1) is 33.5 Å². The van der Waals surface area contributed by atoms with E-state index < -0.39 is 12.1 Å². The van der Waals surface area contributed by atoms with Crippen LogP contribution in [-0.4, -0.2) is 40.1 Å².